The fourth-order valence-electron chi connectivity index (χ4n) is 10.0. The Morgan fingerprint density at radius 3 is 2.32 bits per heavy atom. The molecule has 0 radical (unpaired) electrons. The lowest BCUT2D eigenvalue weighted by atomic mass is 9.36. The average molecular weight is 383 g/mol. The molecule has 0 aliphatic heterocycles. The summed E-state index contributed by atoms with van der Waals surface area (Å²) in [5.41, 5.74) is 4.63. The Bertz CT molecular complexity index is 684. The van der Waals surface area contributed by atoms with Crippen LogP contribution < -0.4 is 0 Å². The maximum Gasteiger partial charge on any atom is -0.00546 e. The smallest absolute Gasteiger partial charge is 0.00546 e. The van der Waals surface area contributed by atoms with Crippen LogP contribution in [-0.4, -0.2) is 0 Å². The van der Waals surface area contributed by atoms with E-state index in [1.165, 1.54) is 77.0 Å². The maximum absolute atomic E-state index is 2.85. The Balaban J connectivity index is 1.57. The predicted octanol–water partition coefficient (Wildman–Crippen LogP) is 8.56. The molecule has 4 fully saturated rings. The Morgan fingerprint density at radius 1 is 0.750 bits per heavy atom. The quantitative estimate of drug-likeness (QED) is 0.368. The van der Waals surface area contributed by atoms with Crippen LogP contribution in [0.15, 0.2) is 11.6 Å². The van der Waals surface area contributed by atoms with Crippen molar-refractivity contribution >= 4 is 0 Å². The molecule has 158 valence electrons. The Labute approximate surface area is 175 Å². The molecule has 0 aromatic heterocycles. The van der Waals surface area contributed by atoms with Gasteiger partial charge in [-0.05, 0) is 109 Å². The van der Waals surface area contributed by atoms with Crippen molar-refractivity contribution in [1.29, 1.82) is 0 Å². The second-order valence-corrected chi connectivity index (χ2v) is 13.8. The molecule has 5 aliphatic rings. The second-order valence-electron chi connectivity index (χ2n) is 13.8. The van der Waals surface area contributed by atoms with Crippen molar-refractivity contribution in [1.82, 2.24) is 0 Å². The lowest BCUT2D eigenvalue weighted by molar-refractivity contribution is -0.135. The van der Waals surface area contributed by atoms with Gasteiger partial charge in [-0.25, -0.2) is 0 Å². The van der Waals surface area contributed by atoms with Crippen LogP contribution in [0, 0.1) is 44.8 Å². The molecule has 0 N–H and O–H groups in total. The van der Waals surface area contributed by atoms with Crippen LogP contribution in [0.5, 0.6) is 0 Å². The zero-order chi connectivity index (χ0) is 20.0. The normalized spacial score (nSPS) is 55.2. The van der Waals surface area contributed by atoms with E-state index in [9.17, 15) is 0 Å². The third kappa shape index (κ3) is 2.42. The van der Waals surface area contributed by atoms with Gasteiger partial charge in [-0.1, -0.05) is 66.0 Å². The summed E-state index contributed by atoms with van der Waals surface area (Å²) in [5.74, 6) is 2.84. The number of hydrogen-bond acceptors (Lipinski definition) is 0. The van der Waals surface area contributed by atoms with E-state index >= 15 is 0 Å². The summed E-state index contributed by atoms with van der Waals surface area (Å²) in [6.45, 7) is 15.9. The van der Waals surface area contributed by atoms with Crippen molar-refractivity contribution in [2.75, 3.05) is 0 Å². The zero-order valence-electron chi connectivity index (χ0n) is 19.8. The molecule has 5 rings (SSSR count). The van der Waals surface area contributed by atoms with E-state index in [-0.39, 0.29) is 0 Å². The SMILES string of the molecule is CC1(C)CCC2(C)CCC3C(=CCC4C5(C)CCCCC5CCC34C)C2(C)C1. The van der Waals surface area contributed by atoms with E-state index in [2.05, 4.69) is 47.6 Å². The van der Waals surface area contributed by atoms with Gasteiger partial charge in [-0.2, -0.15) is 0 Å². The minimum Gasteiger partial charge on any atom is -0.0841 e. The maximum atomic E-state index is 2.85. The molecule has 7 atom stereocenters. The van der Waals surface area contributed by atoms with Gasteiger partial charge in [-0.15, -0.1) is 0 Å². The number of allylic oxidation sites excluding steroid dienone is 2. The fraction of sp³-hybridized carbons (Fsp3) is 0.929. The first-order valence-corrected chi connectivity index (χ1v) is 12.7. The van der Waals surface area contributed by atoms with Crippen molar-refractivity contribution in [2.45, 2.75) is 119 Å². The highest BCUT2D eigenvalue weighted by molar-refractivity contribution is 5.32. The van der Waals surface area contributed by atoms with E-state index < -0.39 is 0 Å². The summed E-state index contributed by atoms with van der Waals surface area (Å²) < 4.78 is 0. The largest absolute Gasteiger partial charge is 0.0841 e. The van der Waals surface area contributed by atoms with Crippen molar-refractivity contribution in [3.8, 4) is 0 Å². The molecule has 0 saturated heterocycles. The summed E-state index contributed by atoms with van der Waals surface area (Å²) in [4.78, 5) is 0. The van der Waals surface area contributed by atoms with Crippen molar-refractivity contribution in [3.63, 3.8) is 0 Å². The molecule has 0 amide bonds. The molecule has 0 heterocycles. The monoisotopic (exact) mass is 382 g/mol. The van der Waals surface area contributed by atoms with Crippen molar-refractivity contribution in [3.05, 3.63) is 11.6 Å². The average Bonchev–Trinajstić information content (AvgIpc) is 2.62. The second kappa shape index (κ2) is 5.91. The third-order valence-corrected chi connectivity index (χ3v) is 12.0. The number of hydrogen-bond donors (Lipinski definition) is 0. The first-order chi connectivity index (χ1) is 13.0. The topological polar surface area (TPSA) is 0 Å². The van der Waals surface area contributed by atoms with Crippen molar-refractivity contribution < 1.29 is 0 Å². The van der Waals surface area contributed by atoms with Crippen LogP contribution in [0.4, 0.5) is 0 Å². The van der Waals surface area contributed by atoms with E-state index in [1.54, 1.807) is 0 Å². The predicted molar refractivity (Wildman–Crippen MR) is 120 cm³/mol. The third-order valence-electron chi connectivity index (χ3n) is 12.0. The first-order valence-electron chi connectivity index (χ1n) is 12.7. The number of fused-ring (bicyclic) bond motifs is 7. The molecule has 28 heavy (non-hydrogen) atoms. The van der Waals surface area contributed by atoms with Gasteiger partial charge in [0, 0.05) is 0 Å². The fourth-order valence-corrected chi connectivity index (χ4v) is 10.0. The summed E-state index contributed by atoms with van der Waals surface area (Å²) in [6, 6.07) is 0. The zero-order valence-corrected chi connectivity index (χ0v) is 19.8. The van der Waals surface area contributed by atoms with E-state index in [0.29, 0.717) is 27.1 Å². The van der Waals surface area contributed by atoms with Gasteiger partial charge in [0.05, 0.1) is 0 Å². The van der Waals surface area contributed by atoms with Crippen molar-refractivity contribution in [2.24, 2.45) is 44.8 Å². The van der Waals surface area contributed by atoms with Crippen LogP contribution in [-0.2, 0) is 0 Å². The van der Waals surface area contributed by atoms with Crippen LogP contribution in [0.2, 0.25) is 0 Å². The molecule has 5 aliphatic carbocycles. The molecule has 0 bridgehead atoms. The molecular weight excluding hydrogens is 336 g/mol. The molecular formula is C28H46. The summed E-state index contributed by atoms with van der Waals surface area (Å²) in [7, 11) is 0. The van der Waals surface area contributed by atoms with Gasteiger partial charge in [-0.3, -0.25) is 0 Å². The molecule has 0 nitrogen and oxygen atoms in total. The van der Waals surface area contributed by atoms with Gasteiger partial charge in [0.25, 0.3) is 0 Å². The first kappa shape index (κ1) is 19.7. The van der Waals surface area contributed by atoms with E-state index in [0.717, 1.165) is 17.8 Å². The molecule has 0 heteroatoms. The molecule has 0 aromatic rings. The van der Waals surface area contributed by atoms with Gasteiger partial charge in [0.2, 0.25) is 0 Å². The van der Waals surface area contributed by atoms with Crippen LogP contribution in [0.3, 0.4) is 0 Å². The van der Waals surface area contributed by atoms with Crippen LogP contribution in [0.1, 0.15) is 119 Å². The molecule has 7 unspecified atom stereocenters. The standard InChI is InChI=1S/C28H46/c1-24(2)17-18-25(3)15-13-21-22(28(25,6)19-24)10-11-23-26(4)14-8-7-9-20(26)12-16-27(21,23)5/h10,20-21,23H,7-9,11-19H2,1-6H3. The van der Waals surface area contributed by atoms with E-state index in [4.69, 9.17) is 0 Å². The van der Waals surface area contributed by atoms with Gasteiger partial charge < -0.3 is 0 Å². The molecule has 4 saturated carbocycles. The number of rotatable bonds is 0. The van der Waals surface area contributed by atoms with Gasteiger partial charge in [0.15, 0.2) is 0 Å². The highest BCUT2D eigenvalue weighted by atomic mass is 14.7. The minimum atomic E-state index is 0.440. The van der Waals surface area contributed by atoms with Crippen LogP contribution in [0.25, 0.3) is 0 Å². The Hall–Kier alpha value is -0.260. The molecule has 0 spiro atoms. The van der Waals surface area contributed by atoms with E-state index in [1.807, 2.05) is 5.57 Å². The summed E-state index contributed by atoms with van der Waals surface area (Å²) in [5, 5.41) is 0. The highest BCUT2D eigenvalue weighted by Crippen LogP contribution is 2.73. The lowest BCUT2D eigenvalue weighted by Crippen LogP contribution is -2.59. The Morgan fingerprint density at radius 2 is 1.54 bits per heavy atom. The molecule has 0 aromatic carbocycles. The highest BCUT2D eigenvalue weighted by Gasteiger charge is 2.64. The van der Waals surface area contributed by atoms with Gasteiger partial charge in [0.1, 0.15) is 0 Å². The minimum absolute atomic E-state index is 0.440. The lowest BCUT2D eigenvalue weighted by Gasteiger charge is -2.68. The summed E-state index contributed by atoms with van der Waals surface area (Å²) >= 11 is 0. The van der Waals surface area contributed by atoms with Gasteiger partial charge >= 0.3 is 0 Å². The van der Waals surface area contributed by atoms with Crippen LogP contribution >= 0.6 is 0 Å². The summed E-state index contributed by atoms with van der Waals surface area (Å²) in [6.07, 6.45) is 20.5. The Kier molecular flexibility index (Phi) is 4.16.